The Balaban J connectivity index is 1.28. The smallest absolute Gasteiger partial charge is 0.261 e. The predicted molar refractivity (Wildman–Crippen MR) is 139 cm³/mol. The van der Waals surface area contributed by atoms with E-state index in [4.69, 9.17) is 37.7 Å². The van der Waals surface area contributed by atoms with Crippen LogP contribution in [0.5, 0.6) is 5.75 Å². The molecule has 4 aromatic heterocycles. The highest BCUT2D eigenvalue weighted by molar-refractivity contribution is 6.31. The lowest BCUT2D eigenvalue weighted by molar-refractivity contribution is -0.135. The van der Waals surface area contributed by atoms with E-state index < -0.39 is 12.0 Å². The molecule has 0 radical (unpaired) electrons. The van der Waals surface area contributed by atoms with Gasteiger partial charge in [0.05, 0.1) is 24.6 Å². The second-order valence-corrected chi connectivity index (χ2v) is 9.72. The Morgan fingerprint density at radius 1 is 1.05 bits per heavy atom. The predicted octanol–water partition coefficient (Wildman–Crippen LogP) is 3.96. The number of ether oxygens (including phenoxy) is 2. The van der Waals surface area contributed by atoms with E-state index in [0.717, 1.165) is 24.6 Å². The van der Waals surface area contributed by atoms with Gasteiger partial charge >= 0.3 is 0 Å². The maximum Gasteiger partial charge on any atom is 0.261 e. The number of halogens is 3. The standard InChI is InChI=1S/C26H23Cl2FN6O3/c27-19-6-4-16(26(29)31-19)23-24-17(30-21-3-1-2-9-34(21)24)8-10-35(23)22(36)15-38-18-5-7-20(32-25(18)28)33-11-13-37-14-12-33/h1-7,9,23H,8,10-15H2. The van der Waals surface area contributed by atoms with Gasteiger partial charge in [-0.15, -0.1) is 0 Å². The van der Waals surface area contributed by atoms with Crippen molar-refractivity contribution in [2.24, 2.45) is 0 Å². The maximum atomic E-state index is 15.1. The number of aromatic nitrogens is 4. The fourth-order valence-electron chi connectivity index (χ4n) is 4.96. The summed E-state index contributed by atoms with van der Waals surface area (Å²) < 4.78 is 28.2. The Labute approximate surface area is 227 Å². The lowest BCUT2D eigenvalue weighted by Crippen LogP contribution is -2.43. The molecule has 0 aromatic carbocycles. The van der Waals surface area contributed by atoms with Crippen LogP contribution in [0, 0.1) is 5.95 Å². The van der Waals surface area contributed by atoms with E-state index in [0.29, 0.717) is 43.3 Å². The first-order valence-corrected chi connectivity index (χ1v) is 12.9. The van der Waals surface area contributed by atoms with Crippen LogP contribution in [0.1, 0.15) is 23.0 Å². The van der Waals surface area contributed by atoms with Gasteiger partial charge in [0.2, 0.25) is 5.95 Å². The van der Waals surface area contributed by atoms with Crippen LogP contribution in [-0.2, 0) is 16.0 Å². The van der Waals surface area contributed by atoms with Gasteiger partial charge in [-0.2, -0.15) is 4.39 Å². The molecule has 4 aromatic rings. The third-order valence-electron chi connectivity index (χ3n) is 6.75. The topological polar surface area (TPSA) is 85.1 Å². The molecule has 1 amide bonds. The summed E-state index contributed by atoms with van der Waals surface area (Å²) in [5, 5.41) is 0.193. The van der Waals surface area contributed by atoms with Crippen molar-refractivity contribution in [1.29, 1.82) is 0 Å². The van der Waals surface area contributed by atoms with Gasteiger partial charge in [0.1, 0.15) is 22.7 Å². The van der Waals surface area contributed by atoms with E-state index in [1.54, 1.807) is 23.1 Å². The molecule has 1 fully saturated rings. The number of pyridine rings is 3. The van der Waals surface area contributed by atoms with Gasteiger partial charge in [0.25, 0.3) is 5.91 Å². The minimum atomic E-state index is -0.769. The first kappa shape index (κ1) is 24.8. The van der Waals surface area contributed by atoms with E-state index in [-0.39, 0.29) is 28.4 Å². The molecule has 196 valence electrons. The van der Waals surface area contributed by atoms with E-state index in [2.05, 4.69) is 14.9 Å². The van der Waals surface area contributed by atoms with E-state index >= 15 is 4.39 Å². The second-order valence-electron chi connectivity index (χ2n) is 8.97. The summed E-state index contributed by atoms with van der Waals surface area (Å²) in [4.78, 5) is 30.1. The van der Waals surface area contributed by atoms with Crippen LogP contribution < -0.4 is 9.64 Å². The van der Waals surface area contributed by atoms with Crippen molar-refractivity contribution in [3.05, 3.63) is 81.9 Å². The molecule has 0 N–H and O–H groups in total. The summed E-state index contributed by atoms with van der Waals surface area (Å²) in [6, 6.07) is 11.4. The number of hydrogen-bond donors (Lipinski definition) is 0. The minimum Gasteiger partial charge on any atom is -0.481 e. The Morgan fingerprint density at radius 3 is 2.68 bits per heavy atom. The van der Waals surface area contributed by atoms with Crippen molar-refractivity contribution in [3.8, 4) is 5.75 Å². The molecule has 1 saturated heterocycles. The molecule has 1 unspecified atom stereocenters. The van der Waals surface area contributed by atoms with Gasteiger partial charge in [0, 0.05) is 37.8 Å². The van der Waals surface area contributed by atoms with Crippen LogP contribution in [0.4, 0.5) is 10.2 Å². The average molecular weight is 557 g/mol. The lowest BCUT2D eigenvalue weighted by Gasteiger charge is -2.35. The van der Waals surface area contributed by atoms with Crippen LogP contribution in [0.25, 0.3) is 5.65 Å². The average Bonchev–Trinajstić information content (AvgIpc) is 3.31. The first-order chi connectivity index (χ1) is 18.5. The summed E-state index contributed by atoms with van der Waals surface area (Å²) in [5.74, 6) is -0.0700. The van der Waals surface area contributed by atoms with Gasteiger partial charge in [-0.05, 0) is 36.4 Å². The highest BCUT2D eigenvalue weighted by Gasteiger charge is 2.37. The van der Waals surface area contributed by atoms with Crippen molar-refractivity contribution in [2.45, 2.75) is 12.5 Å². The molecule has 0 spiro atoms. The molecule has 2 aliphatic heterocycles. The van der Waals surface area contributed by atoms with Crippen LogP contribution in [0.15, 0.2) is 48.7 Å². The number of fused-ring (bicyclic) bond motifs is 3. The number of rotatable bonds is 5. The fourth-order valence-corrected chi connectivity index (χ4v) is 5.30. The molecule has 9 nitrogen and oxygen atoms in total. The third-order valence-corrected chi connectivity index (χ3v) is 7.23. The van der Waals surface area contributed by atoms with E-state index in [1.807, 2.05) is 28.8 Å². The minimum absolute atomic E-state index is 0.0318. The number of carbonyl (C=O) groups is 1. The molecular formula is C26H23Cl2FN6O3. The van der Waals surface area contributed by atoms with Crippen molar-refractivity contribution in [2.75, 3.05) is 44.4 Å². The molecule has 6 rings (SSSR count). The van der Waals surface area contributed by atoms with Crippen molar-refractivity contribution in [3.63, 3.8) is 0 Å². The molecule has 0 aliphatic carbocycles. The van der Waals surface area contributed by atoms with Gasteiger partial charge < -0.3 is 23.7 Å². The Morgan fingerprint density at radius 2 is 1.89 bits per heavy atom. The van der Waals surface area contributed by atoms with Crippen LogP contribution >= 0.6 is 23.2 Å². The summed E-state index contributed by atoms with van der Waals surface area (Å²) in [7, 11) is 0. The number of hydrogen-bond acceptors (Lipinski definition) is 7. The molecule has 0 bridgehead atoms. The Bertz CT molecular complexity index is 1510. The summed E-state index contributed by atoms with van der Waals surface area (Å²) in [5.41, 5.74) is 2.45. The number of nitrogens with zero attached hydrogens (tertiary/aromatic N) is 6. The lowest BCUT2D eigenvalue weighted by atomic mass is 9.96. The van der Waals surface area contributed by atoms with Crippen LogP contribution in [0.3, 0.4) is 0 Å². The van der Waals surface area contributed by atoms with Crippen molar-refractivity contribution >= 4 is 40.6 Å². The largest absolute Gasteiger partial charge is 0.481 e. The number of morpholine rings is 1. The van der Waals surface area contributed by atoms with Gasteiger partial charge in [-0.1, -0.05) is 29.3 Å². The number of imidazole rings is 1. The summed E-state index contributed by atoms with van der Waals surface area (Å²) in [6.45, 7) is 2.72. The SMILES string of the molecule is O=C(COc1ccc(N2CCOCC2)nc1Cl)N1CCc2nc3ccccn3c2C1c1ccc(Cl)nc1F. The quantitative estimate of drug-likeness (QED) is 0.344. The van der Waals surface area contributed by atoms with Crippen LogP contribution in [-0.4, -0.2) is 69.6 Å². The fraction of sp³-hybridized carbons (Fsp3) is 0.308. The molecular weight excluding hydrogens is 534 g/mol. The zero-order valence-corrected chi connectivity index (χ0v) is 21.7. The summed E-state index contributed by atoms with van der Waals surface area (Å²) in [6.07, 6.45) is 2.36. The number of anilines is 1. The second kappa shape index (κ2) is 10.4. The van der Waals surface area contributed by atoms with Crippen LogP contribution in [0.2, 0.25) is 10.3 Å². The number of carbonyl (C=O) groups excluding carboxylic acids is 1. The zero-order chi connectivity index (χ0) is 26.2. The van der Waals surface area contributed by atoms with Crippen molar-refractivity contribution < 1.29 is 18.7 Å². The summed E-state index contributed by atoms with van der Waals surface area (Å²) >= 11 is 12.3. The van der Waals surface area contributed by atoms with E-state index in [1.165, 1.54) is 6.07 Å². The third kappa shape index (κ3) is 4.63. The Hall–Kier alpha value is -3.47. The first-order valence-electron chi connectivity index (χ1n) is 12.2. The monoisotopic (exact) mass is 556 g/mol. The molecule has 38 heavy (non-hydrogen) atoms. The highest BCUT2D eigenvalue weighted by atomic mass is 35.5. The molecule has 2 aliphatic rings. The highest BCUT2D eigenvalue weighted by Crippen LogP contribution is 2.37. The number of amides is 1. The van der Waals surface area contributed by atoms with E-state index in [9.17, 15) is 4.79 Å². The molecule has 1 atom stereocenters. The normalized spacial score (nSPS) is 17.5. The molecule has 12 heteroatoms. The van der Waals surface area contributed by atoms with Gasteiger partial charge in [0.15, 0.2) is 17.5 Å². The van der Waals surface area contributed by atoms with Gasteiger partial charge in [-0.25, -0.2) is 15.0 Å². The van der Waals surface area contributed by atoms with Crippen molar-refractivity contribution in [1.82, 2.24) is 24.3 Å². The molecule has 6 heterocycles. The Kier molecular flexibility index (Phi) is 6.77. The maximum absolute atomic E-state index is 15.1. The van der Waals surface area contributed by atoms with Gasteiger partial charge in [-0.3, -0.25) is 4.79 Å². The zero-order valence-electron chi connectivity index (χ0n) is 20.2. The molecule has 0 saturated carbocycles.